The molecular formula is C20H17N3O4. The predicted molar refractivity (Wildman–Crippen MR) is 96.2 cm³/mol. The van der Waals surface area contributed by atoms with E-state index in [1.165, 1.54) is 0 Å². The van der Waals surface area contributed by atoms with Crippen molar-refractivity contribution in [2.24, 2.45) is 0 Å². The van der Waals surface area contributed by atoms with Crippen molar-refractivity contribution < 1.29 is 19.4 Å². The Morgan fingerprint density at radius 1 is 1.19 bits per heavy atom. The van der Waals surface area contributed by atoms with Gasteiger partial charge in [-0.2, -0.15) is 4.52 Å². The van der Waals surface area contributed by atoms with Crippen LogP contribution in [0.1, 0.15) is 41.0 Å². The van der Waals surface area contributed by atoms with Gasteiger partial charge in [-0.1, -0.05) is 18.2 Å². The minimum Gasteiger partial charge on any atom is -0.481 e. The number of methoxy groups -OCH3 is 1. The Kier molecular flexibility index (Phi) is 3.19. The Bertz CT molecular complexity index is 1130. The molecule has 0 radical (unpaired) electrons. The second-order valence-corrected chi connectivity index (χ2v) is 7.14. The number of hydrogen-bond acceptors (Lipinski definition) is 5. The van der Waals surface area contributed by atoms with Gasteiger partial charge in [0, 0.05) is 23.6 Å². The first-order valence-corrected chi connectivity index (χ1v) is 8.88. The summed E-state index contributed by atoms with van der Waals surface area (Å²) in [6.07, 6.45) is 2.37. The molecule has 27 heavy (non-hydrogen) atoms. The number of ether oxygens (including phenoxy) is 1. The number of hydrogen-bond donors (Lipinski definition) is 1. The summed E-state index contributed by atoms with van der Waals surface area (Å²) in [6.45, 7) is 0. The lowest BCUT2D eigenvalue weighted by Crippen LogP contribution is -2.21. The fourth-order valence-electron chi connectivity index (χ4n) is 3.80. The number of aliphatic carboxylic acids is 1. The zero-order valence-electron chi connectivity index (χ0n) is 14.7. The summed E-state index contributed by atoms with van der Waals surface area (Å²) in [4.78, 5) is 28.2. The second-order valence-electron chi connectivity index (χ2n) is 7.14. The predicted octanol–water partition coefficient (Wildman–Crippen LogP) is 2.65. The molecule has 1 saturated carbocycles. The summed E-state index contributed by atoms with van der Waals surface area (Å²) >= 11 is 0. The fourth-order valence-corrected chi connectivity index (χ4v) is 3.80. The van der Waals surface area contributed by atoms with E-state index in [-0.39, 0.29) is 5.78 Å². The topological polar surface area (TPSA) is 93.8 Å². The van der Waals surface area contributed by atoms with Gasteiger partial charge in [0.15, 0.2) is 17.3 Å². The third-order valence-corrected chi connectivity index (χ3v) is 5.58. The number of rotatable bonds is 4. The molecule has 2 aliphatic carbocycles. The fraction of sp³-hybridized carbons (Fsp3) is 0.300. The third kappa shape index (κ3) is 2.21. The molecule has 2 aromatic heterocycles. The van der Waals surface area contributed by atoms with Gasteiger partial charge in [0.1, 0.15) is 5.41 Å². The number of ketones is 1. The van der Waals surface area contributed by atoms with Crippen LogP contribution in [0.15, 0.2) is 30.3 Å². The Morgan fingerprint density at radius 2 is 1.96 bits per heavy atom. The zero-order chi connectivity index (χ0) is 18.8. The largest absolute Gasteiger partial charge is 0.481 e. The zero-order valence-corrected chi connectivity index (χ0v) is 14.7. The molecule has 1 fully saturated rings. The molecule has 0 atom stereocenters. The van der Waals surface area contributed by atoms with Crippen molar-refractivity contribution in [3.05, 3.63) is 47.3 Å². The van der Waals surface area contributed by atoms with Gasteiger partial charge in [0.25, 0.3) is 0 Å². The van der Waals surface area contributed by atoms with Crippen LogP contribution in [-0.4, -0.2) is 38.6 Å². The molecule has 0 bridgehead atoms. The van der Waals surface area contributed by atoms with Crippen LogP contribution >= 0.6 is 0 Å². The van der Waals surface area contributed by atoms with Crippen molar-refractivity contribution in [3.63, 3.8) is 0 Å². The first kappa shape index (κ1) is 16.0. The molecule has 136 valence electrons. The smallest absolute Gasteiger partial charge is 0.317 e. The lowest BCUT2D eigenvalue weighted by molar-refractivity contribution is -0.140. The van der Waals surface area contributed by atoms with Crippen molar-refractivity contribution in [3.8, 4) is 17.0 Å². The van der Waals surface area contributed by atoms with Crippen molar-refractivity contribution in [1.82, 2.24) is 14.6 Å². The van der Waals surface area contributed by atoms with Crippen LogP contribution in [0.25, 0.3) is 16.8 Å². The quantitative estimate of drug-likeness (QED) is 0.766. The van der Waals surface area contributed by atoms with Crippen molar-refractivity contribution in [2.75, 3.05) is 7.11 Å². The summed E-state index contributed by atoms with van der Waals surface area (Å²) in [5.41, 5.74) is 3.15. The molecule has 0 spiro atoms. The highest BCUT2D eigenvalue weighted by atomic mass is 16.5. The second kappa shape index (κ2) is 5.39. The third-order valence-electron chi connectivity index (χ3n) is 5.58. The van der Waals surface area contributed by atoms with Gasteiger partial charge in [-0.25, -0.2) is 4.98 Å². The van der Waals surface area contributed by atoms with Gasteiger partial charge in [-0.3, -0.25) is 9.59 Å². The molecule has 7 heteroatoms. The van der Waals surface area contributed by atoms with E-state index in [4.69, 9.17) is 4.74 Å². The minimum absolute atomic E-state index is 0.179. The summed E-state index contributed by atoms with van der Waals surface area (Å²) in [6, 6.07) is 9.46. The SMILES string of the molecule is COc1ccc(-c2ccc3c(c2)CCC3=O)c2nc(C3(C(=O)O)CC3)nn12. The number of pyridine rings is 1. The van der Waals surface area contributed by atoms with E-state index in [0.29, 0.717) is 36.6 Å². The average Bonchev–Trinajstić information content (AvgIpc) is 3.24. The number of Topliss-reactive ketones (excluding diaryl/α,β-unsaturated/α-hetero) is 1. The Morgan fingerprint density at radius 3 is 2.67 bits per heavy atom. The molecular weight excluding hydrogens is 346 g/mol. The van der Waals surface area contributed by atoms with E-state index in [1.54, 1.807) is 17.7 Å². The summed E-state index contributed by atoms with van der Waals surface area (Å²) < 4.78 is 6.94. The van der Waals surface area contributed by atoms with E-state index in [2.05, 4.69) is 10.1 Å². The number of benzene rings is 1. The maximum Gasteiger partial charge on any atom is 0.317 e. The first-order chi connectivity index (χ1) is 13.0. The molecule has 0 saturated heterocycles. The van der Waals surface area contributed by atoms with Crippen LogP contribution in [-0.2, 0) is 16.6 Å². The molecule has 0 amide bonds. The molecule has 1 N–H and O–H groups in total. The number of fused-ring (bicyclic) bond motifs is 2. The lowest BCUT2D eigenvalue weighted by Gasteiger charge is -2.08. The van der Waals surface area contributed by atoms with Gasteiger partial charge in [0.05, 0.1) is 7.11 Å². The van der Waals surface area contributed by atoms with Crippen LogP contribution in [0, 0.1) is 0 Å². The van der Waals surface area contributed by atoms with Crippen LogP contribution in [0.2, 0.25) is 0 Å². The maximum atomic E-state index is 11.9. The molecule has 7 nitrogen and oxygen atoms in total. The van der Waals surface area contributed by atoms with Gasteiger partial charge in [-0.15, -0.1) is 5.10 Å². The molecule has 2 heterocycles. The number of nitrogens with zero attached hydrogens (tertiary/aromatic N) is 3. The van der Waals surface area contributed by atoms with Crippen molar-refractivity contribution in [1.29, 1.82) is 0 Å². The summed E-state index contributed by atoms with van der Waals surface area (Å²) in [5, 5.41) is 14.0. The summed E-state index contributed by atoms with van der Waals surface area (Å²) in [5.74, 6) is 0.0930. The molecule has 0 aliphatic heterocycles. The monoisotopic (exact) mass is 363 g/mol. The van der Waals surface area contributed by atoms with Gasteiger partial charge >= 0.3 is 5.97 Å². The maximum absolute atomic E-state index is 11.9. The number of aryl methyl sites for hydroxylation is 1. The number of carboxylic acid groups (broad SMARTS) is 1. The van der Waals surface area contributed by atoms with Gasteiger partial charge in [0.2, 0.25) is 5.88 Å². The Balaban J connectivity index is 1.71. The first-order valence-electron chi connectivity index (χ1n) is 8.88. The molecule has 2 aliphatic rings. The Hall–Kier alpha value is -3.22. The van der Waals surface area contributed by atoms with E-state index in [1.807, 2.05) is 24.3 Å². The van der Waals surface area contributed by atoms with Crippen molar-refractivity contribution >= 4 is 17.4 Å². The van der Waals surface area contributed by atoms with E-state index < -0.39 is 11.4 Å². The number of aromatic nitrogens is 3. The van der Waals surface area contributed by atoms with Crippen LogP contribution in [0.3, 0.4) is 0 Å². The number of carbonyl (C=O) groups is 2. The molecule has 1 aromatic carbocycles. The summed E-state index contributed by atoms with van der Waals surface area (Å²) in [7, 11) is 1.54. The highest BCUT2D eigenvalue weighted by Gasteiger charge is 2.55. The van der Waals surface area contributed by atoms with E-state index >= 15 is 0 Å². The van der Waals surface area contributed by atoms with Gasteiger partial charge in [-0.05, 0) is 36.5 Å². The lowest BCUT2D eigenvalue weighted by atomic mass is 10.0. The van der Waals surface area contributed by atoms with Crippen molar-refractivity contribution in [2.45, 2.75) is 31.1 Å². The standard InChI is InChI=1S/C20H17N3O4/c1-27-16-7-5-14(12-2-4-13-11(10-12)3-6-15(13)24)17-21-18(22-23(16)17)20(8-9-20)19(25)26/h2,4-5,7,10H,3,6,8-9H2,1H3,(H,25,26). The van der Waals surface area contributed by atoms with E-state index in [9.17, 15) is 14.7 Å². The van der Waals surface area contributed by atoms with Gasteiger partial charge < -0.3 is 9.84 Å². The normalized spacial score (nSPS) is 17.1. The molecule has 3 aromatic rings. The van der Waals surface area contributed by atoms with Crippen LogP contribution in [0.5, 0.6) is 5.88 Å². The van der Waals surface area contributed by atoms with Crippen LogP contribution in [0.4, 0.5) is 0 Å². The number of carboxylic acids is 1. The highest BCUT2D eigenvalue weighted by Crippen LogP contribution is 2.47. The van der Waals surface area contributed by atoms with Crippen LogP contribution < -0.4 is 4.74 Å². The molecule has 5 rings (SSSR count). The van der Waals surface area contributed by atoms with E-state index in [0.717, 1.165) is 28.7 Å². The molecule has 0 unspecified atom stereocenters. The Labute approximate surface area is 154 Å². The number of carbonyl (C=O) groups excluding carboxylic acids is 1. The minimum atomic E-state index is -0.987. The average molecular weight is 363 g/mol. The highest BCUT2D eigenvalue weighted by molar-refractivity contribution is 6.01.